The van der Waals surface area contributed by atoms with Gasteiger partial charge in [0.25, 0.3) is 6.29 Å². The third kappa shape index (κ3) is 11.0. The zero-order valence-corrected chi connectivity index (χ0v) is 20.3. The van der Waals surface area contributed by atoms with Crippen LogP contribution < -0.4 is 0 Å². The fourth-order valence-corrected chi connectivity index (χ4v) is 3.79. The summed E-state index contributed by atoms with van der Waals surface area (Å²) in [6.45, 7) is 4.88. The Hall–Kier alpha value is -2.88. The smallest absolute Gasteiger partial charge is 0.305 e. The zero-order chi connectivity index (χ0) is 23.9. The van der Waals surface area contributed by atoms with Crippen LogP contribution in [-0.4, -0.2) is 18.2 Å². The number of ether oxygens (including phenoxy) is 2. The van der Waals surface area contributed by atoms with E-state index in [1.165, 1.54) is 64.4 Å². The lowest BCUT2D eigenvalue weighted by Gasteiger charge is -2.20. The van der Waals surface area contributed by atoms with Crippen molar-refractivity contribution in [2.75, 3.05) is 0 Å². The molecule has 0 N–H and O–H groups in total. The molecule has 33 heavy (non-hydrogen) atoms. The third-order valence-electron chi connectivity index (χ3n) is 5.50. The Labute approximate surface area is 199 Å². The highest BCUT2D eigenvalue weighted by Crippen LogP contribution is 2.21. The summed E-state index contributed by atoms with van der Waals surface area (Å²) in [4.78, 5) is 23.3. The van der Waals surface area contributed by atoms with Crippen molar-refractivity contribution in [2.24, 2.45) is 0 Å². The van der Waals surface area contributed by atoms with Gasteiger partial charge in [-0.25, -0.2) is 0 Å². The molecule has 0 saturated heterocycles. The molecule has 0 atom stereocenters. The van der Waals surface area contributed by atoms with Gasteiger partial charge in [0.15, 0.2) is 0 Å². The van der Waals surface area contributed by atoms with Gasteiger partial charge in [0, 0.05) is 25.8 Å². The molecule has 2 aromatic rings. The summed E-state index contributed by atoms with van der Waals surface area (Å²) < 4.78 is 10.7. The first kappa shape index (κ1) is 26.4. The van der Waals surface area contributed by atoms with Crippen LogP contribution in [-0.2, 0) is 31.9 Å². The molecule has 0 aliphatic rings. The Morgan fingerprint density at radius 1 is 0.758 bits per heavy atom. The number of hydrogen-bond donors (Lipinski definition) is 0. The number of aryl methyl sites for hydroxylation is 1. The number of hydrogen-bond acceptors (Lipinski definition) is 4. The predicted molar refractivity (Wildman–Crippen MR) is 134 cm³/mol. The highest BCUT2D eigenvalue weighted by Gasteiger charge is 2.21. The van der Waals surface area contributed by atoms with Crippen LogP contribution in [0.15, 0.2) is 60.2 Å². The van der Waals surface area contributed by atoms with E-state index in [0.29, 0.717) is 12.0 Å². The van der Waals surface area contributed by atoms with Gasteiger partial charge in [-0.1, -0.05) is 100 Å². The van der Waals surface area contributed by atoms with E-state index in [1.807, 2.05) is 36.4 Å². The van der Waals surface area contributed by atoms with E-state index >= 15 is 0 Å². The SMILES string of the molecule is CCCCCCCCCc1ccc(C=C(Cc2ccccc2)C(OC(C)=O)OC(C)=O)cc1. The zero-order valence-electron chi connectivity index (χ0n) is 20.3. The number of benzene rings is 2. The number of unbranched alkanes of at least 4 members (excludes halogenated alkanes) is 6. The topological polar surface area (TPSA) is 52.6 Å². The van der Waals surface area contributed by atoms with Crippen LogP contribution in [0.3, 0.4) is 0 Å². The van der Waals surface area contributed by atoms with Crippen LogP contribution in [0.4, 0.5) is 0 Å². The summed E-state index contributed by atoms with van der Waals surface area (Å²) in [7, 11) is 0. The summed E-state index contributed by atoms with van der Waals surface area (Å²) in [6, 6.07) is 18.3. The van der Waals surface area contributed by atoms with E-state index < -0.39 is 18.2 Å². The average Bonchev–Trinajstić information content (AvgIpc) is 2.79. The molecular weight excluding hydrogens is 412 g/mol. The van der Waals surface area contributed by atoms with Crippen LogP contribution in [0.1, 0.15) is 82.4 Å². The third-order valence-corrected chi connectivity index (χ3v) is 5.50. The van der Waals surface area contributed by atoms with E-state index in [4.69, 9.17) is 9.47 Å². The summed E-state index contributed by atoms with van der Waals surface area (Å²) in [5, 5.41) is 0. The largest absolute Gasteiger partial charge is 0.421 e. The van der Waals surface area contributed by atoms with Gasteiger partial charge in [-0.2, -0.15) is 0 Å². The summed E-state index contributed by atoms with van der Waals surface area (Å²) in [5.74, 6) is -0.990. The number of carbonyl (C=O) groups excluding carboxylic acids is 2. The first-order valence-corrected chi connectivity index (χ1v) is 12.2. The van der Waals surface area contributed by atoms with Crippen molar-refractivity contribution in [3.8, 4) is 0 Å². The van der Waals surface area contributed by atoms with Crippen molar-refractivity contribution in [2.45, 2.75) is 84.8 Å². The molecule has 0 bridgehead atoms. The molecule has 4 heteroatoms. The minimum atomic E-state index is -1.05. The first-order chi connectivity index (χ1) is 16.0. The van der Waals surface area contributed by atoms with Gasteiger partial charge in [-0.3, -0.25) is 9.59 Å². The molecule has 0 fully saturated rings. The number of esters is 2. The standard InChI is InChI=1S/C29H38O4/c1-4-5-6-7-8-9-11-14-25-17-19-27(20-18-25)22-28(21-26-15-12-10-13-16-26)29(32-23(2)30)33-24(3)31/h10,12-13,15-20,22,29H,4-9,11,14,21H2,1-3H3. The van der Waals surface area contributed by atoms with Crippen molar-refractivity contribution in [1.29, 1.82) is 0 Å². The van der Waals surface area contributed by atoms with Crippen molar-refractivity contribution in [3.05, 3.63) is 76.9 Å². The molecule has 0 spiro atoms. The second kappa shape index (κ2) is 15.0. The van der Waals surface area contributed by atoms with Crippen molar-refractivity contribution in [3.63, 3.8) is 0 Å². The van der Waals surface area contributed by atoms with Crippen molar-refractivity contribution >= 4 is 18.0 Å². The van der Waals surface area contributed by atoms with Crippen LogP contribution in [0.2, 0.25) is 0 Å². The molecule has 178 valence electrons. The minimum absolute atomic E-state index is 0.495. The van der Waals surface area contributed by atoms with Gasteiger partial charge in [-0.05, 0) is 35.6 Å². The summed E-state index contributed by atoms with van der Waals surface area (Å²) >= 11 is 0. The van der Waals surface area contributed by atoms with Crippen LogP contribution in [0, 0.1) is 0 Å². The molecule has 4 nitrogen and oxygen atoms in total. The maximum absolute atomic E-state index is 11.6. The van der Waals surface area contributed by atoms with E-state index in [9.17, 15) is 9.59 Å². The Balaban J connectivity index is 2.08. The van der Waals surface area contributed by atoms with Crippen molar-refractivity contribution < 1.29 is 19.1 Å². The molecule has 0 unspecified atom stereocenters. The van der Waals surface area contributed by atoms with Crippen LogP contribution >= 0.6 is 0 Å². The van der Waals surface area contributed by atoms with Gasteiger partial charge in [0.05, 0.1) is 0 Å². The minimum Gasteiger partial charge on any atom is -0.421 e. The maximum Gasteiger partial charge on any atom is 0.305 e. The number of carbonyl (C=O) groups is 2. The summed E-state index contributed by atoms with van der Waals surface area (Å²) in [5.41, 5.74) is 4.06. The highest BCUT2D eigenvalue weighted by molar-refractivity contribution is 5.69. The Bertz CT molecular complexity index is 852. The molecular formula is C29H38O4. The van der Waals surface area contributed by atoms with Gasteiger partial charge in [0.1, 0.15) is 0 Å². The summed E-state index contributed by atoms with van der Waals surface area (Å²) in [6.07, 6.45) is 11.6. The van der Waals surface area contributed by atoms with E-state index in [-0.39, 0.29) is 0 Å². The fourth-order valence-electron chi connectivity index (χ4n) is 3.79. The van der Waals surface area contributed by atoms with Gasteiger partial charge in [-0.15, -0.1) is 0 Å². The van der Waals surface area contributed by atoms with Crippen molar-refractivity contribution in [1.82, 2.24) is 0 Å². The molecule has 0 aliphatic heterocycles. The monoisotopic (exact) mass is 450 g/mol. The molecule has 2 rings (SSSR count). The molecule has 0 radical (unpaired) electrons. The van der Waals surface area contributed by atoms with Gasteiger partial charge < -0.3 is 9.47 Å². The number of rotatable bonds is 14. The fraction of sp³-hybridized carbons (Fsp3) is 0.448. The Morgan fingerprint density at radius 2 is 1.33 bits per heavy atom. The molecule has 0 heterocycles. The van der Waals surface area contributed by atoms with E-state index in [1.54, 1.807) is 0 Å². The molecule has 2 aromatic carbocycles. The van der Waals surface area contributed by atoms with E-state index in [0.717, 1.165) is 17.5 Å². The Kier molecular flexibility index (Phi) is 12.0. The van der Waals surface area contributed by atoms with Gasteiger partial charge >= 0.3 is 11.9 Å². The van der Waals surface area contributed by atoms with E-state index in [2.05, 4.69) is 31.2 Å². The van der Waals surface area contributed by atoms with Gasteiger partial charge in [0.2, 0.25) is 0 Å². The second-order valence-electron chi connectivity index (χ2n) is 8.55. The molecule has 0 amide bonds. The second-order valence-corrected chi connectivity index (χ2v) is 8.55. The average molecular weight is 451 g/mol. The Morgan fingerprint density at radius 3 is 1.91 bits per heavy atom. The van der Waals surface area contributed by atoms with Crippen LogP contribution in [0.25, 0.3) is 6.08 Å². The quantitative estimate of drug-likeness (QED) is 0.176. The lowest BCUT2D eigenvalue weighted by Crippen LogP contribution is -2.25. The predicted octanol–water partition coefficient (Wildman–Crippen LogP) is 7.06. The van der Waals surface area contributed by atoms with Crippen LogP contribution in [0.5, 0.6) is 0 Å². The first-order valence-electron chi connectivity index (χ1n) is 12.2. The lowest BCUT2D eigenvalue weighted by atomic mass is 10.00. The maximum atomic E-state index is 11.6. The molecule has 0 aliphatic carbocycles. The molecule has 0 saturated carbocycles. The molecule has 0 aromatic heterocycles. The normalized spacial score (nSPS) is 11.5. The lowest BCUT2D eigenvalue weighted by molar-refractivity contribution is -0.178. The highest BCUT2D eigenvalue weighted by atomic mass is 16.7.